The Morgan fingerprint density at radius 2 is 2.21 bits per heavy atom. The second-order valence-corrected chi connectivity index (χ2v) is 3.71. The molecule has 0 bridgehead atoms. The van der Waals surface area contributed by atoms with Gasteiger partial charge in [-0.05, 0) is 25.2 Å². The van der Waals surface area contributed by atoms with Crippen LogP contribution in [0.1, 0.15) is 19.3 Å². The van der Waals surface area contributed by atoms with Gasteiger partial charge in [-0.25, -0.2) is 0 Å². The van der Waals surface area contributed by atoms with Crippen LogP contribution in [-0.4, -0.2) is 32.3 Å². The quantitative estimate of drug-likeness (QED) is 0.717. The normalized spacial score (nSPS) is 30.9. The van der Waals surface area contributed by atoms with Crippen molar-refractivity contribution >= 4 is 18.4 Å². The van der Waals surface area contributed by atoms with Crippen LogP contribution in [0.15, 0.2) is 0 Å². The van der Waals surface area contributed by atoms with Crippen LogP contribution in [-0.2, 0) is 14.3 Å². The topological polar surface area (TPSA) is 61.5 Å². The molecule has 84 valence electrons. The SMILES string of the molecule is COCC1CCC(N)(C(=O)OC)C1.Cl. The molecule has 2 N–H and O–H groups in total. The number of hydrogen-bond donors (Lipinski definition) is 1. The van der Waals surface area contributed by atoms with Gasteiger partial charge in [0, 0.05) is 13.7 Å². The van der Waals surface area contributed by atoms with Crippen LogP contribution >= 0.6 is 12.4 Å². The highest BCUT2D eigenvalue weighted by atomic mass is 35.5. The molecule has 0 heterocycles. The third-order valence-corrected chi connectivity index (χ3v) is 2.65. The summed E-state index contributed by atoms with van der Waals surface area (Å²) in [6.45, 7) is 0.677. The molecule has 0 amide bonds. The van der Waals surface area contributed by atoms with E-state index >= 15 is 0 Å². The largest absolute Gasteiger partial charge is 0.468 e. The zero-order valence-electron chi connectivity index (χ0n) is 8.62. The minimum Gasteiger partial charge on any atom is -0.468 e. The molecule has 1 aliphatic carbocycles. The second kappa shape index (κ2) is 5.53. The lowest BCUT2D eigenvalue weighted by Crippen LogP contribution is -2.46. The lowest BCUT2D eigenvalue weighted by atomic mass is 9.98. The standard InChI is InChI=1S/C9H17NO3.ClH/c1-12-6-7-3-4-9(10,5-7)8(11)13-2;/h7H,3-6,10H2,1-2H3;1H. The highest BCUT2D eigenvalue weighted by Crippen LogP contribution is 2.33. The summed E-state index contributed by atoms with van der Waals surface area (Å²) in [6.07, 6.45) is 2.32. The van der Waals surface area contributed by atoms with Crippen molar-refractivity contribution in [2.45, 2.75) is 24.8 Å². The predicted octanol–water partition coefficient (Wildman–Crippen LogP) is 0.725. The van der Waals surface area contributed by atoms with Crippen molar-refractivity contribution in [1.82, 2.24) is 0 Å². The second-order valence-electron chi connectivity index (χ2n) is 3.71. The molecule has 0 aliphatic heterocycles. The number of methoxy groups -OCH3 is 2. The van der Waals surface area contributed by atoms with E-state index in [1.807, 2.05) is 0 Å². The minimum absolute atomic E-state index is 0. The molecule has 4 nitrogen and oxygen atoms in total. The van der Waals surface area contributed by atoms with Crippen LogP contribution in [0.3, 0.4) is 0 Å². The fourth-order valence-electron chi connectivity index (χ4n) is 1.95. The van der Waals surface area contributed by atoms with Gasteiger partial charge in [0.2, 0.25) is 0 Å². The number of ether oxygens (including phenoxy) is 2. The van der Waals surface area contributed by atoms with Crippen molar-refractivity contribution < 1.29 is 14.3 Å². The molecular weight excluding hydrogens is 206 g/mol. The molecule has 0 aromatic rings. The number of hydrogen-bond acceptors (Lipinski definition) is 4. The van der Waals surface area contributed by atoms with E-state index in [0.717, 1.165) is 6.42 Å². The number of esters is 1. The zero-order valence-corrected chi connectivity index (χ0v) is 9.43. The Morgan fingerprint density at radius 3 is 2.71 bits per heavy atom. The van der Waals surface area contributed by atoms with Crippen molar-refractivity contribution in [2.75, 3.05) is 20.8 Å². The minimum atomic E-state index is -0.766. The van der Waals surface area contributed by atoms with Gasteiger partial charge >= 0.3 is 5.97 Å². The van der Waals surface area contributed by atoms with Crippen LogP contribution in [0, 0.1) is 5.92 Å². The summed E-state index contributed by atoms with van der Waals surface area (Å²) in [7, 11) is 3.04. The van der Waals surface area contributed by atoms with Crippen molar-refractivity contribution in [1.29, 1.82) is 0 Å². The maximum atomic E-state index is 11.3. The first-order valence-electron chi connectivity index (χ1n) is 4.48. The number of halogens is 1. The van der Waals surface area contributed by atoms with Gasteiger partial charge in [0.05, 0.1) is 7.11 Å². The Morgan fingerprint density at radius 1 is 1.57 bits per heavy atom. The van der Waals surface area contributed by atoms with E-state index in [1.54, 1.807) is 7.11 Å². The average Bonchev–Trinajstić information content (AvgIpc) is 2.48. The van der Waals surface area contributed by atoms with Crippen molar-refractivity contribution in [3.63, 3.8) is 0 Å². The van der Waals surface area contributed by atoms with E-state index in [1.165, 1.54) is 7.11 Å². The first-order chi connectivity index (χ1) is 6.12. The first-order valence-corrected chi connectivity index (χ1v) is 4.48. The molecule has 2 atom stereocenters. The summed E-state index contributed by atoms with van der Waals surface area (Å²) in [5.41, 5.74) is 5.14. The Hall–Kier alpha value is -0.320. The fraction of sp³-hybridized carbons (Fsp3) is 0.889. The van der Waals surface area contributed by atoms with E-state index in [0.29, 0.717) is 25.4 Å². The fourth-order valence-corrected chi connectivity index (χ4v) is 1.95. The van der Waals surface area contributed by atoms with Crippen molar-refractivity contribution in [2.24, 2.45) is 11.7 Å². The number of carbonyl (C=O) groups excluding carboxylic acids is 1. The highest BCUT2D eigenvalue weighted by Gasteiger charge is 2.42. The Bertz CT molecular complexity index is 200. The summed E-state index contributed by atoms with van der Waals surface area (Å²) < 4.78 is 9.68. The molecule has 2 unspecified atom stereocenters. The zero-order chi connectivity index (χ0) is 9.90. The molecular formula is C9H18ClNO3. The smallest absolute Gasteiger partial charge is 0.325 e. The van der Waals surface area contributed by atoms with Gasteiger partial charge in [-0.2, -0.15) is 0 Å². The van der Waals surface area contributed by atoms with Crippen molar-refractivity contribution in [3.05, 3.63) is 0 Å². The van der Waals surface area contributed by atoms with E-state index in [4.69, 9.17) is 10.5 Å². The average molecular weight is 224 g/mol. The van der Waals surface area contributed by atoms with E-state index in [2.05, 4.69) is 4.74 Å². The maximum Gasteiger partial charge on any atom is 0.325 e. The summed E-state index contributed by atoms with van der Waals surface area (Å²) in [4.78, 5) is 11.3. The van der Waals surface area contributed by atoms with Gasteiger partial charge < -0.3 is 15.2 Å². The molecule has 0 saturated heterocycles. The van der Waals surface area contributed by atoms with Gasteiger partial charge in [0.15, 0.2) is 0 Å². The molecule has 5 heteroatoms. The first kappa shape index (κ1) is 13.7. The maximum absolute atomic E-state index is 11.3. The summed E-state index contributed by atoms with van der Waals surface area (Å²) in [5.74, 6) is 0.0974. The van der Waals surface area contributed by atoms with Crippen LogP contribution in [0.25, 0.3) is 0 Å². The highest BCUT2D eigenvalue weighted by molar-refractivity contribution is 5.85. The van der Waals surface area contributed by atoms with Gasteiger partial charge in [0.25, 0.3) is 0 Å². The summed E-state index contributed by atoms with van der Waals surface area (Å²) in [6, 6.07) is 0. The van der Waals surface area contributed by atoms with Crippen LogP contribution in [0.2, 0.25) is 0 Å². The molecule has 0 aromatic heterocycles. The Labute approximate surface area is 90.5 Å². The third kappa shape index (κ3) is 2.83. The van der Waals surface area contributed by atoms with Gasteiger partial charge in [0.1, 0.15) is 5.54 Å². The monoisotopic (exact) mass is 223 g/mol. The molecule has 0 aromatic carbocycles. The van der Waals surface area contributed by atoms with Crippen LogP contribution in [0.5, 0.6) is 0 Å². The molecule has 1 rings (SSSR count). The number of nitrogens with two attached hydrogens (primary N) is 1. The summed E-state index contributed by atoms with van der Waals surface area (Å²) in [5, 5.41) is 0. The molecule has 1 aliphatic rings. The van der Waals surface area contributed by atoms with Crippen molar-refractivity contribution in [3.8, 4) is 0 Å². The van der Waals surface area contributed by atoms with E-state index in [-0.39, 0.29) is 18.4 Å². The van der Waals surface area contributed by atoms with E-state index < -0.39 is 5.54 Å². The predicted molar refractivity (Wildman–Crippen MR) is 55.4 cm³/mol. The number of rotatable bonds is 3. The van der Waals surface area contributed by atoms with Crippen LogP contribution < -0.4 is 5.73 Å². The van der Waals surface area contributed by atoms with E-state index in [9.17, 15) is 4.79 Å². The van der Waals surface area contributed by atoms with Gasteiger partial charge in [-0.3, -0.25) is 4.79 Å². The Balaban J connectivity index is 0.00000169. The lowest BCUT2D eigenvalue weighted by molar-refractivity contribution is -0.147. The molecule has 1 fully saturated rings. The molecule has 14 heavy (non-hydrogen) atoms. The summed E-state index contributed by atoms with van der Waals surface area (Å²) >= 11 is 0. The van der Waals surface area contributed by atoms with Gasteiger partial charge in [-0.15, -0.1) is 12.4 Å². The van der Waals surface area contributed by atoms with Gasteiger partial charge in [-0.1, -0.05) is 0 Å². The van der Waals surface area contributed by atoms with Crippen LogP contribution in [0.4, 0.5) is 0 Å². The molecule has 0 spiro atoms. The Kier molecular flexibility index (Phi) is 5.41. The number of carbonyl (C=O) groups is 1. The lowest BCUT2D eigenvalue weighted by Gasteiger charge is -2.20. The molecule has 0 radical (unpaired) electrons. The molecule has 1 saturated carbocycles. The third-order valence-electron chi connectivity index (χ3n) is 2.65.